The van der Waals surface area contributed by atoms with E-state index in [1.165, 1.54) is 22.3 Å². The van der Waals surface area contributed by atoms with Gasteiger partial charge in [0.25, 0.3) is 0 Å². The summed E-state index contributed by atoms with van der Waals surface area (Å²) < 4.78 is 0. The minimum absolute atomic E-state index is 0. The van der Waals surface area contributed by atoms with Crippen LogP contribution in [0.2, 0.25) is 5.02 Å². The van der Waals surface area contributed by atoms with Crippen molar-refractivity contribution in [1.29, 1.82) is 0 Å². The van der Waals surface area contributed by atoms with E-state index in [0.29, 0.717) is 0 Å². The van der Waals surface area contributed by atoms with Crippen LogP contribution in [0.15, 0.2) is 36.4 Å². The van der Waals surface area contributed by atoms with Crippen molar-refractivity contribution in [2.75, 3.05) is 7.05 Å². The van der Waals surface area contributed by atoms with Gasteiger partial charge in [-0.15, -0.1) is 12.4 Å². The van der Waals surface area contributed by atoms with Gasteiger partial charge in [-0.2, -0.15) is 0 Å². The quantitative estimate of drug-likeness (QED) is 0.860. The summed E-state index contributed by atoms with van der Waals surface area (Å²) >= 11 is 6.25. The van der Waals surface area contributed by atoms with Crippen LogP contribution < -0.4 is 5.32 Å². The van der Waals surface area contributed by atoms with Crippen molar-refractivity contribution in [2.24, 2.45) is 0 Å². The van der Waals surface area contributed by atoms with Crippen molar-refractivity contribution >= 4 is 24.0 Å². The molecule has 0 spiro atoms. The smallest absolute Gasteiger partial charge is 0.0484 e. The number of nitrogens with one attached hydrogen (secondary N) is 1. The molecule has 0 aromatic heterocycles. The lowest BCUT2D eigenvalue weighted by Crippen LogP contribution is -2.08. The SMILES string of the molecule is CNCc1c(C)cc(-c2ccccc2Cl)cc1C.Cl. The van der Waals surface area contributed by atoms with E-state index in [2.05, 4.69) is 37.4 Å². The largest absolute Gasteiger partial charge is 0.316 e. The summed E-state index contributed by atoms with van der Waals surface area (Å²) in [5, 5.41) is 4.01. The zero-order valence-corrected chi connectivity index (χ0v) is 13.0. The van der Waals surface area contributed by atoms with Crippen LogP contribution in [0.4, 0.5) is 0 Å². The van der Waals surface area contributed by atoms with E-state index in [4.69, 9.17) is 11.6 Å². The van der Waals surface area contributed by atoms with Crippen LogP contribution >= 0.6 is 24.0 Å². The Balaban J connectivity index is 0.00000180. The van der Waals surface area contributed by atoms with Crippen molar-refractivity contribution in [3.63, 3.8) is 0 Å². The van der Waals surface area contributed by atoms with Gasteiger partial charge in [0.2, 0.25) is 0 Å². The molecule has 0 saturated carbocycles. The average molecular weight is 296 g/mol. The minimum atomic E-state index is 0. The summed E-state index contributed by atoms with van der Waals surface area (Å²) in [5.41, 5.74) is 6.27. The first kappa shape index (κ1) is 16.0. The maximum absolute atomic E-state index is 6.25. The summed E-state index contributed by atoms with van der Waals surface area (Å²) in [4.78, 5) is 0. The first-order valence-electron chi connectivity index (χ1n) is 6.13. The Morgan fingerprint density at radius 1 is 1.05 bits per heavy atom. The fourth-order valence-corrected chi connectivity index (χ4v) is 2.54. The summed E-state index contributed by atoms with van der Waals surface area (Å²) in [5.74, 6) is 0. The van der Waals surface area contributed by atoms with Gasteiger partial charge in [-0.3, -0.25) is 0 Å². The molecule has 2 aromatic carbocycles. The molecule has 0 fully saturated rings. The molecular weight excluding hydrogens is 277 g/mol. The van der Waals surface area contributed by atoms with Gasteiger partial charge >= 0.3 is 0 Å². The standard InChI is InChI=1S/C16H18ClN.ClH/c1-11-8-13(9-12(2)15(11)10-18-3)14-6-4-5-7-16(14)17;/h4-9,18H,10H2,1-3H3;1H. The highest BCUT2D eigenvalue weighted by atomic mass is 35.5. The van der Waals surface area contributed by atoms with E-state index in [1.807, 2.05) is 25.2 Å². The van der Waals surface area contributed by atoms with Gasteiger partial charge in [-0.05, 0) is 49.2 Å². The van der Waals surface area contributed by atoms with E-state index < -0.39 is 0 Å². The lowest BCUT2D eigenvalue weighted by molar-refractivity contribution is 0.806. The van der Waals surface area contributed by atoms with Gasteiger partial charge in [0.15, 0.2) is 0 Å². The molecule has 2 aromatic rings. The predicted molar refractivity (Wildman–Crippen MR) is 86.4 cm³/mol. The van der Waals surface area contributed by atoms with Crippen LogP contribution in [0.25, 0.3) is 11.1 Å². The van der Waals surface area contributed by atoms with E-state index >= 15 is 0 Å². The Bertz CT molecular complexity index is 541. The molecule has 0 saturated heterocycles. The van der Waals surface area contributed by atoms with E-state index in [0.717, 1.165) is 17.1 Å². The number of rotatable bonds is 3. The minimum Gasteiger partial charge on any atom is -0.316 e. The maximum atomic E-state index is 6.25. The second-order valence-corrected chi connectivity index (χ2v) is 5.01. The topological polar surface area (TPSA) is 12.0 Å². The van der Waals surface area contributed by atoms with Crippen LogP contribution in [-0.2, 0) is 6.54 Å². The molecule has 0 unspecified atom stereocenters. The number of hydrogen-bond donors (Lipinski definition) is 1. The molecule has 102 valence electrons. The van der Waals surface area contributed by atoms with Gasteiger partial charge < -0.3 is 5.32 Å². The van der Waals surface area contributed by atoms with Crippen molar-refractivity contribution in [3.8, 4) is 11.1 Å². The van der Waals surface area contributed by atoms with Gasteiger partial charge in [0.1, 0.15) is 0 Å². The average Bonchev–Trinajstić information content (AvgIpc) is 2.34. The lowest BCUT2D eigenvalue weighted by atomic mass is 9.95. The van der Waals surface area contributed by atoms with Crippen LogP contribution in [0, 0.1) is 13.8 Å². The van der Waals surface area contributed by atoms with Crippen LogP contribution in [0.1, 0.15) is 16.7 Å². The second-order valence-electron chi connectivity index (χ2n) is 4.60. The van der Waals surface area contributed by atoms with E-state index in [9.17, 15) is 0 Å². The summed E-state index contributed by atoms with van der Waals surface area (Å²) in [6.07, 6.45) is 0. The highest BCUT2D eigenvalue weighted by Gasteiger charge is 2.08. The van der Waals surface area contributed by atoms with E-state index in [-0.39, 0.29) is 12.4 Å². The Morgan fingerprint density at radius 2 is 1.63 bits per heavy atom. The third kappa shape index (κ3) is 3.50. The van der Waals surface area contributed by atoms with Crippen molar-refractivity contribution < 1.29 is 0 Å². The zero-order chi connectivity index (χ0) is 13.1. The van der Waals surface area contributed by atoms with Gasteiger partial charge in [-0.25, -0.2) is 0 Å². The Kier molecular flexibility index (Phi) is 5.86. The lowest BCUT2D eigenvalue weighted by Gasteiger charge is -2.13. The molecule has 2 rings (SSSR count). The molecule has 19 heavy (non-hydrogen) atoms. The number of hydrogen-bond acceptors (Lipinski definition) is 1. The second kappa shape index (κ2) is 6.95. The number of benzene rings is 2. The van der Waals surface area contributed by atoms with Crippen LogP contribution in [-0.4, -0.2) is 7.05 Å². The molecule has 0 radical (unpaired) electrons. The summed E-state index contributed by atoms with van der Waals surface area (Å²) in [7, 11) is 1.97. The predicted octanol–water partition coefficient (Wildman–Crippen LogP) is 4.77. The number of halogens is 2. The Hall–Kier alpha value is -1.02. The van der Waals surface area contributed by atoms with Crippen LogP contribution in [0.5, 0.6) is 0 Å². The van der Waals surface area contributed by atoms with Crippen molar-refractivity contribution in [3.05, 3.63) is 58.1 Å². The van der Waals surface area contributed by atoms with Gasteiger partial charge in [-0.1, -0.05) is 41.9 Å². The monoisotopic (exact) mass is 295 g/mol. The fraction of sp³-hybridized carbons (Fsp3) is 0.250. The fourth-order valence-electron chi connectivity index (χ4n) is 2.30. The van der Waals surface area contributed by atoms with Gasteiger partial charge in [0.05, 0.1) is 0 Å². The molecule has 0 aliphatic carbocycles. The molecule has 3 heteroatoms. The third-order valence-corrected chi connectivity index (χ3v) is 3.56. The molecule has 0 aliphatic rings. The molecular formula is C16H19Cl2N. The molecule has 0 amide bonds. The molecule has 0 aliphatic heterocycles. The molecule has 0 heterocycles. The molecule has 1 N–H and O–H groups in total. The van der Waals surface area contributed by atoms with Gasteiger partial charge in [0, 0.05) is 17.1 Å². The first-order chi connectivity index (χ1) is 8.63. The number of aryl methyl sites for hydroxylation is 2. The molecule has 1 nitrogen and oxygen atoms in total. The Morgan fingerprint density at radius 3 is 2.16 bits per heavy atom. The summed E-state index contributed by atoms with van der Waals surface area (Å²) in [6, 6.07) is 12.4. The van der Waals surface area contributed by atoms with Crippen molar-refractivity contribution in [2.45, 2.75) is 20.4 Å². The van der Waals surface area contributed by atoms with Crippen molar-refractivity contribution in [1.82, 2.24) is 5.32 Å². The maximum Gasteiger partial charge on any atom is 0.0484 e. The normalized spacial score (nSPS) is 10.1. The molecule has 0 bridgehead atoms. The molecule has 0 atom stereocenters. The first-order valence-corrected chi connectivity index (χ1v) is 6.51. The van der Waals surface area contributed by atoms with Crippen LogP contribution in [0.3, 0.4) is 0 Å². The van der Waals surface area contributed by atoms with E-state index in [1.54, 1.807) is 0 Å². The highest BCUT2D eigenvalue weighted by molar-refractivity contribution is 6.33. The highest BCUT2D eigenvalue weighted by Crippen LogP contribution is 2.30. The zero-order valence-electron chi connectivity index (χ0n) is 11.5. The third-order valence-electron chi connectivity index (χ3n) is 3.23. The Labute approximate surface area is 126 Å². The summed E-state index contributed by atoms with van der Waals surface area (Å²) in [6.45, 7) is 5.21.